The molecule has 1 rings (SSSR count). The van der Waals surface area contributed by atoms with E-state index in [4.69, 9.17) is 27.5 Å². The molecule has 0 unspecified atom stereocenters. The topological polar surface area (TPSA) is 20.2 Å². The van der Waals surface area contributed by atoms with Crippen LogP contribution in [0, 0.1) is 0 Å². The molecular weight excluding hydrogens is 196 g/mol. The summed E-state index contributed by atoms with van der Waals surface area (Å²) in [6.45, 7) is 0.0513. The Bertz CT molecular complexity index is 309. The summed E-state index contributed by atoms with van der Waals surface area (Å²) in [6.07, 6.45) is 0. The van der Waals surface area contributed by atoms with E-state index in [0.717, 1.165) is 10.5 Å². The van der Waals surface area contributed by atoms with Gasteiger partial charge in [-0.2, -0.15) is 0 Å². The van der Waals surface area contributed by atoms with Crippen LogP contribution >= 0.6 is 0 Å². The quantitative estimate of drug-likeness (QED) is 0.726. The molecule has 0 radical (unpaired) electrons. The van der Waals surface area contributed by atoms with Gasteiger partial charge in [0.2, 0.25) is 0 Å². The molecule has 0 saturated heterocycles. The monoisotopic (exact) mass is 203 g/mol. The van der Waals surface area contributed by atoms with Crippen LogP contribution in [0.25, 0.3) is 0 Å². The zero-order valence-corrected chi connectivity index (χ0v) is 8.14. The fourth-order valence-electron chi connectivity index (χ4n) is 0.748. The van der Waals surface area contributed by atoms with Gasteiger partial charge in [0.05, 0.1) is 6.61 Å². The van der Waals surface area contributed by atoms with E-state index in [1.807, 2.05) is 24.3 Å². The maximum absolute atomic E-state index is 8.78. The van der Waals surface area contributed by atoms with E-state index in [1.165, 1.54) is 0 Å². The van der Waals surface area contributed by atoms with Crippen LogP contribution in [0.3, 0.4) is 0 Å². The van der Waals surface area contributed by atoms with Crippen LogP contribution in [-0.4, -0.2) is 5.11 Å². The largest absolute Gasteiger partial charge is 0.392 e. The van der Waals surface area contributed by atoms with E-state index >= 15 is 0 Å². The molecule has 0 fully saturated rings. The predicted octanol–water partition coefficient (Wildman–Crippen LogP) is 1.08. The van der Waals surface area contributed by atoms with E-state index in [9.17, 15) is 0 Å². The molecule has 0 amide bonds. The molecule has 1 N–H and O–H groups in total. The highest BCUT2D eigenvalue weighted by Gasteiger charge is 1.86. The van der Waals surface area contributed by atoms with Gasteiger partial charge in [-0.1, -0.05) is 24.3 Å². The summed E-state index contributed by atoms with van der Waals surface area (Å²) < 4.78 is 0. The van der Waals surface area contributed by atoms with Gasteiger partial charge >= 0.3 is 0 Å². The van der Waals surface area contributed by atoms with Crippen molar-refractivity contribution in [3.8, 4) is 0 Å². The van der Waals surface area contributed by atoms with Crippen molar-refractivity contribution in [2.75, 3.05) is 0 Å². The lowest BCUT2D eigenvalue weighted by atomic mass is 10.2. The van der Waals surface area contributed by atoms with E-state index in [1.54, 1.807) is 0 Å². The van der Waals surface area contributed by atoms with E-state index in [0.29, 0.717) is 0 Å². The Morgan fingerprint density at radius 2 is 2.09 bits per heavy atom. The van der Waals surface area contributed by atoms with Gasteiger partial charge in [-0.25, -0.2) is 0 Å². The summed E-state index contributed by atoms with van der Waals surface area (Å²) in [5.41, 5.74) is 0.870. The Labute approximate surface area is 76.9 Å². The fraction of sp³-hybridized carbons (Fsp3) is 0.143. The van der Waals surface area contributed by atoms with Crippen LogP contribution in [0.4, 0.5) is 0 Å². The highest BCUT2D eigenvalue weighted by atomic mass is 33.1. The zero-order valence-electron chi connectivity index (χ0n) is 5.69. The highest BCUT2D eigenvalue weighted by Crippen LogP contribution is 2.06. The first-order valence-corrected chi connectivity index (χ1v) is 6.10. The van der Waals surface area contributed by atoms with Gasteiger partial charge in [0.25, 0.3) is 0 Å². The van der Waals surface area contributed by atoms with Crippen LogP contribution in [-0.2, 0) is 37.0 Å². The first-order valence-electron chi connectivity index (χ1n) is 3.03. The number of benzene rings is 1. The maximum atomic E-state index is 8.78. The molecule has 1 aromatic carbocycles. The minimum atomic E-state index is -0.535. The number of hydrogen-bond acceptors (Lipinski definition) is 4. The SMILES string of the molecule is OCc1cccc([S-](=S)=S)c1. The summed E-state index contributed by atoms with van der Waals surface area (Å²) in [5.74, 6) is 0. The maximum Gasteiger partial charge on any atom is 0.0681 e. The second-order valence-electron chi connectivity index (χ2n) is 2.04. The number of aliphatic hydroxyl groups excluding tert-OH is 1. The van der Waals surface area contributed by atoms with E-state index in [2.05, 4.69) is 0 Å². The van der Waals surface area contributed by atoms with Gasteiger partial charge in [0.15, 0.2) is 0 Å². The van der Waals surface area contributed by atoms with Crippen LogP contribution in [0.1, 0.15) is 5.56 Å². The Morgan fingerprint density at radius 1 is 1.36 bits per heavy atom. The number of aliphatic hydroxyl groups is 1. The van der Waals surface area contributed by atoms with Gasteiger partial charge in [0, 0.05) is 0 Å². The van der Waals surface area contributed by atoms with Gasteiger partial charge < -0.3 is 13.1 Å². The lowest BCUT2D eigenvalue weighted by molar-refractivity contribution is 0.281. The van der Waals surface area contributed by atoms with Crippen LogP contribution in [0.5, 0.6) is 0 Å². The molecule has 1 aromatic rings. The van der Waals surface area contributed by atoms with Crippen molar-refractivity contribution in [2.45, 2.75) is 11.5 Å². The van der Waals surface area contributed by atoms with Crippen molar-refractivity contribution < 1.29 is 5.11 Å². The summed E-state index contributed by atoms with van der Waals surface area (Å²) in [7, 11) is -0.535. The molecule has 0 aromatic heterocycles. The Kier molecular flexibility index (Phi) is 3.39. The molecule has 0 bridgehead atoms. The summed E-state index contributed by atoms with van der Waals surface area (Å²) in [5, 5.41) is 8.78. The van der Waals surface area contributed by atoms with Crippen molar-refractivity contribution in [1.82, 2.24) is 0 Å². The second kappa shape index (κ2) is 4.11. The van der Waals surface area contributed by atoms with Gasteiger partial charge in [-0.3, -0.25) is 22.4 Å². The van der Waals surface area contributed by atoms with Crippen LogP contribution < -0.4 is 0 Å². The molecule has 0 spiro atoms. The average Bonchev–Trinajstić information content (AvgIpc) is 2.05. The third kappa shape index (κ3) is 2.48. The minimum Gasteiger partial charge on any atom is -0.392 e. The smallest absolute Gasteiger partial charge is 0.0681 e. The lowest BCUT2D eigenvalue weighted by Crippen LogP contribution is -1.84. The molecule has 0 aliphatic rings. The van der Waals surface area contributed by atoms with Gasteiger partial charge in [0.1, 0.15) is 0 Å². The van der Waals surface area contributed by atoms with Crippen molar-refractivity contribution in [3.63, 3.8) is 0 Å². The molecule has 0 saturated carbocycles. The van der Waals surface area contributed by atoms with Crippen LogP contribution in [0.2, 0.25) is 0 Å². The molecule has 0 aliphatic carbocycles. The molecule has 0 atom stereocenters. The van der Waals surface area contributed by atoms with Crippen molar-refractivity contribution in [1.29, 1.82) is 0 Å². The summed E-state index contributed by atoms with van der Waals surface area (Å²) in [6, 6.07) is 7.45. The highest BCUT2D eigenvalue weighted by molar-refractivity contribution is 8.46. The Morgan fingerprint density at radius 3 is 2.64 bits per heavy atom. The molecule has 11 heavy (non-hydrogen) atoms. The molecule has 60 valence electrons. The van der Waals surface area contributed by atoms with E-state index in [-0.39, 0.29) is 6.61 Å². The third-order valence-electron chi connectivity index (χ3n) is 1.27. The van der Waals surface area contributed by atoms with Crippen molar-refractivity contribution in [3.05, 3.63) is 29.8 Å². The van der Waals surface area contributed by atoms with E-state index < -0.39 is 8.01 Å². The van der Waals surface area contributed by atoms with Gasteiger partial charge in [-0.15, -0.1) is 4.90 Å². The summed E-state index contributed by atoms with van der Waals surface area (Å²) >= 11 is 9.83. The van der Waals surface area contributed by atoms with Crippen molar-refractivity contribution in [2.24, 2.45) is 0 Å². The Balaban J connectivity index is 3.10. The van der Waals surface area contributed by atoms with Gasteiger partial charge in [-0.05, 0) is 5.56 Å². The molecule has 0 aliphatic heterocycles. The fourth-order valence-corrected chi connectivity index (χ4v) is 1.81. The third-order valence-corrected chi connectivity index (χ3v) is 3.07. The first-order chi connectivity index (χ1) is 5.24. The predicted molar refractivity (Wildman–Crippen MR) is 52.7 cm³/mol. The molecule has 0 heterocycles. The molecule has 1 nitrogen and oxygen atoms in total. The summed E-state index contributed by atoms with van der Waals surface area (Å²) in [4.78, 5) is 0.946. The lowest BCUT2D eigenvalue weighted by Gasteiger charge is -2.05. The second-order valence-corrected chi connectivity index (χ2v) is 5.61. The molecule has 4 heteroatoms. The number of hydrogen-bond donors (Lipinski definition) is 1. The first kappa shape index (κ1) is 9.06. The standard InChI is InChI=1S/C7H7OS3/c8-5-6-2-1-3-7(4-6)11(9)10/h1-4,8H,5H2/q-1. The normalized spacial score (nSPS) is 10.4. The number of rotatable bonds is 2. The zero-order chi connectivity index (χ0) is 8.27. The van der Waals surface area contributed by atoms with Crippen molar-refractivity contribution >= 4 is 30.4 Å². The van der Waals surface area contributed by atoms with Crippen LogP contribution in [0.15, 0.2) is 29.2 Å². The molecular formula is C7H7OS3-. The average molecular weight is 203 g/mol. The Hall–Kier alpha value is -0.0300. The minimum absolute atomic E-state index is 0.0513.